The van der Waals surface area contributed by atoms with Crippen molar-refractivity contribution in [1.29, 1.82) is 0 Å². The molecule has 0 bridgehead atoms. The normalized spacial score (nSPS) is 11.9. The second-order valence-electron chi connectivity index (χ2n) is 8.61. The summed E-state index contributed by atoms with van der Waals surface area (Å²) in [5.41, 5.74) is 4.60. The van der Waals surface area contributed by atoms with Crippen LogP contribution >= 0.6 is 0 Å². The summed E-state index contributed by atoms with van der Waals surface area (Å²) >= 11 is 0. The number of benzene rings is 2. The smallest absolute Gasteiger partial charge is 0.305 e. The Morgan fingerprint density at radius 1 is 1.06 bits per heavy atom. The van der Waals surface area contributed by atoms with Crippen LogP contribution in [0.15, 0.2) is 78.0 Å². The van der Waals surface area contributed by atoms with Crippen molar-refractivity contribution < 1.29 is 17.9 Å². The van der Waals surface area contributed by atoms with E-state index in [4.69, 9.17) is 4.74 Å². The fourth-order valence-corrected chi connectivity index (χ4v) is 5.89. The summed E-state index contributed by atoms with van der Waals surface area (Å²) in [5, 5.41) is 1.63. The SMILES string of the molecule is COC(=O)CCc1ccc2c(c1)c(-c1cc3cccnc3n1S(=O)(=O)c1ccc(C)cc1)cn2C. The lowest BCUT2D eigenvalue weighted by atomic mass is 10.0. The summed E-state index contributed by atoms with van der Waals surface area (Å²) < 4.78 is 35.9. The Morgan fingerprint density at radius 3 is 2.57 bits per heavy atom. The number of ether oxygens (including phenoxy) is 1. The molecule has 8 heteroatoms. The zero-order chi connectivity index (χ0) is 24.7. The van der Waals surface area contributed by atoms with Gasteiger partial charge < -0.3 is 9.30 Å². The third-order valence-electron chi connectivity index (χ3n) is 6.25. The van der Waals surface area contributed by atoms with Gasteiger partial charge in [-0.05, 0) is 61.4 Å². The van der Waals surface area contributed by atoms with Gasteiger partial charge in [-0.15, -0.1) is 0 Å². The van der Waals surface area contributed by atoms with Gasteiger partial charge in [0.2, 0.25) is 0 Å². The molecule has 0 aliphatic heterocycles. The first kappa shape index (κ1) is 22.9. The second-order valence-corrected chi connectivity index (χ2v) is 10.4. The molecule has 0 radical (unpaired) electrons. The molecule has 178 valence electrons. The summed E-state index contributed by atoms with van der Waals surface area (Å²) in [6, 6.07) is 18.3. The quantitative estimate of drug-likeness (QED) is 0.320. The molecule has 0 spiro atoms. The maximum absolute atomic E-state index is 13.9. The lowest BCUT2D eigenvalue weighted by Crippen LogP contribution is -2.14. The molecule has 2 aromatic carbocycles. The number of hydrogen-bond acceptors (Lipinski definition) is 5. The molecule has 0 amide bonds. The van der Waals surface area contributed by atoms with Crippen LogP contribution in [0.25, 0.3) is 33.2 Å². The maximum atomic E-state index is 13.9. The number of hydrogen-bond donors (Lipinski definition) is 0. The van der Waals surface area contributed by atoms with E-state index in [1.54, 1.807) is 36.5 Å². The van der Waals surface area contributed by atoms with Gasteiger partial charge in [0.1, 0.15) is 0 Å². The Kier molecular flexibility index (Phi) is 5.68. The molecule has 7 nitrogen and oxygen atoms in total. The standard InChI is InChI=1S/C27H25N3O4S/c1-18-6-10-21(11-7-18)35(32,33)30-25(16-20-5-4-14-28-27(20)30)23-17-29(2)24-12-8-19(15-22(23)24)9-13-26(31)34-3/h4-8,10-12,14-17H,9,13H2,1-3H3. The van der Waals surface area contributed by atoms with Gasteiger partial charge in [-0.3, -0.25) is 4.79 Å². The van der Waals surface area contributed by atoms with Crippen molar-refractivity contribution in [3.05, 3.63) is 84.2 Å². The van der Waals surface area contributed by atoms with Crippen LogP contribution in [-0.2, 0) is 33.0 Å². The Morgan fingerprint density at radius 2 is 1.83 bits per heavy atom. The monoisotopic (exact) mass is 487 g/mol. The minimum atomic E-state index is -3.93. The Labute approximate surface area is 203 Å². The number of aromatic nitrogens is 3. The van der Waals surface area contributed by atoms with E-state index in [0.717, 1.165) is 33.0 Å². The number of pyridine rings is 1. The van der Waals surface area contributed by atoms with Gasteiger partial charge in [0, 0.05) is 47.7 Å². The van der Waals surface area contributed by atoms with Crippen LogP contribution in [0.4, 0.5) is 0 Å². The van der Waals surface area contributed by atoms with Crippen molar-refractivity contribution in [3.8, 4) is 11.3 Å². The first-order chi connectivity index (χ1) is 16.8. The third-order valence-corrected chi connectivity index (χ3v) is 7.97. The predicted octanol–water partition coefficient (Wildman–Crippen LogP) is 4.85. The Balaban J connectivity index is 1.74. The van der Waals surface area contributed by atoms with Crippen LogP contribution in [0.1, 0.15) is 17.5 Å². The largest absolute Gasteiger partial charge is 0.469 e. The van der Waals surface area contributed by atoms with Gasteiger partial charge >= 0.3 is 5.97 Å². The molecule has 35 heavy (non-hydrogen) atoms. The highest BCUT2D eigenvalue weighted by atomic mass is 32.2. The van der Waals surface area contributed by atoms with E-state index >= 15 is 0 Å². The van der Waals surface area contributed by atoms with E-state index in [-0.39, 0.29) is 17.3 Å². The molecule has 0 N–H and O–H groups in total. The van der Waals surface area contributed by atoms with Crippen LogP contribution in [0.5, 0.6) is 0 Å². The van der Waals surface area contributed by atoms with E-state index in [1.807, 2.05) is 55.1 Å². The molecule has 3 aromatic heterocycles. The van der Waals surface area contributed by atoms with Crippen molar-refractivity contribution in [3.63, 3.8) is 0 Å². The molecule has 0 aliphatic rings. The number of carbonyl (C=O) groups is 1. The summed E-state index contributed by atoms with van der Waals surface area (Å²) in [6.07, 6.45) is 4.34. The van der Waals surface area contributed by atoms with Gasteiger partial charge in [0.05, 0.1) is 17.7 Å². The third kappa shape index (κ3) is 4.00. The average molecular weight is 488 g/mol. The van der Waals surface area contributed by atoms with E-state index < -0.39 is 10.0 Å². The average Bonchev–Trinajstić information content (AvgIpc) is 3.40. The number of rotatable bonds is 6. The van der Waals surface area contributed by atoms with E-state index in [2.05, 4.69) is 4.98 Å². The summed E-state index contributed by atoms with van der Waals surface area (Å²) in [6.45, 7) is 1.92. The lowest BCUT2D eigenvalue weighted by molar-refractivity contribution is -0.140. The summed E-state index contributed by atoms with van der Waals surface area (Å²) in [7, 11) is -0.621. The van der Waals surface area contributed by atoms with E-state index in [1.165, 1.54) is 11.1 Å². The molecule has 0 saturated carbocycles. The molecular formula is C27H25N3O4S. The van der Waals surface area contributed by atoms with Gasteiger partial charge in [0.15, 0.2) is 5.65 Å². The molecule has 0 atom stereocenters. The van der Waals surface area contributed by atoms with Crippen molar-refractivity contribution >= 4 is 37.9 Å². The maximum Gasteiger partial charge on any atom is 0.305 e. The molecule has 0 saturated heterocycles. The fourth-order valence-electron chi connectivity index (χ4n) is 4.41. The summed E-state index contributed by atoms with van der Waals surface area (Å²) in [4.78, 5) is 16.3. The molecule has 0 aliphatic carbocycles. The highest BCUT2D eigenvalue weighted by Crippen LogP contribution is 2.36. The van der Waals surface area contributed by atoms with Crippen LogP contribution in [0.2, 0.25) is 0 Å². The zero-order valence-electron chi connectivity index (χ0n) is 19.7. The van der Waals surface area contributed by atoms with E-state index in [0.29, 0.717) is 17.8 Å². The lowest BCUT2D eigenvalue weighted by Gasteiger charge is -2.12. The van der Waals surface area contributed by atoms with Gasteiger partial charge in [-0.1, -0.05) is 23.8 Å². The Hall–Kier alpha value is -3.91. The van der Waals surface area contributed by atoms with Gasteiger partial charge in [-0.25, -0.2) is 17.4 Å². The van der Waals surface area contributed by atoms with Crippen molar-refractivity contribution in [2.24, 2.45) is 7.05 Å². The number of fused-ring (bicyclic) bond motifs is 2. The number of esters is 1. The van der Waals surface area contributed by atoms with Crippen LogP contribution < -0.4 is 0 Å². The number of methoxy groups -OCH3 is 1. The summed E-state index contributed by atoms with van der Waals surface area (Å²) in [5.74, 6) is -0.270. The van der Waals surface area contributed by atoms with Gasteiger partial charge in [0.25, 0.3) is 10.0 Å². The minimum Gasteiger partial charge on any atom is -0.469 e. The second kappa shape index (κ2) is 8.70. The highest BCUT2D eigenvalue weighted by Gasteiger charge is 2.26. The fraction of sp³-hybridized carbons (Fsp3) is 0.185. The first-order valence-corrected chi connectivity index (χ1v) is 12.7. The minimum absolute atomic E-state index is 0.200. The van der Waals surface area contributed by atoms with E-state index in [9.17, 15) is 13.2 Å². The van der Waals surface area contributed by atoms with Crippen molar-refractivity contribution in [1.82, 2.24) is 13.5 Å². The molecule has 3 heterocycles. The van der Waals surface area contributed by atoms with Crippen molar-refractivity contribution in [2.45, 2.75) is 24.7 Å². The van der Waals surface area contributed by atoms with Crippen LogP contribution in [0, 0.1) is 6.92 Å². The van der Waals surface area contributed by atoms with Gasteiger partial charge in [-0.2, -0.15) is 0 Å². The van der Waals surface area contributed by atoms with Crippen LogP contribution in [-0.4, -0.2) is 35.0 Å². The predicted molar refractivity (Wildman–Crippen MR) is 136 cm³/mol. The number of nitrogens with zero attached hydrogens (tertiary/aromatic N) is 3. The molecule has 0 unspecified atom stereocenters. The Bertz CT molecular complexity index is 1680. The molecule has 0 fully saturated rings. The van der Waals surface area contributed by atoms with Crippen LogP contribution in [0.3, 0.4) is 0 Å². The zero-order valence-corrected chi connectivity index (χ0v) is 20.5. The molecular weight excluding hydrogens is 462 g/mol. The molecule has 5 aromatic rings. The van der Waals surface area contributed by atoms with Crippen molar-refractivity contribution in [2.75, 3.05) is 7.11 Å². The number of aryl methyl sites for hydroxylation is 3. The molecule has 5 rings (SSSR count). The highest BCUT2D eigenvalue weighted by molar-refractivity contribution is 7.90. The number of carbonyl (C=O) groups excluding carboxylic acids is 1. The first-order valence-electron chi connectivity index (χ1n) is 11.2. The topological polar surface area (TPSA) is 83.2 Å².